The molecule has 0 atom stereocenters. The number of nitrogens with zero attached hydrogens (tertiary/aromatic N) is 2. The van der Waals surface area contributed by atoms with Crippen LogP contribution in [-0.2, 0) is 12.7 Å². The summed E-state index contributed by atoms with van der Waals surface area (Å²) in [5.41, 5.74) is 0.337. The molecule has 1 aromatic heterocycles. The summed E-state index contributed by atoms with van der Waals surface area (Å²) < 4.78 is 43.5. The first-order valence-electron chi connectivity index (χ1n) is 7.02. The van der Waals surface area contributed by atoms with Gasteiger partial charge in [-0.25, -0.2) is 4.79 Å². The van der Waals surface area contributed by atoms with Crippen molar-refractivity contribution in [3.63, 3.8) is 0 Å². The van der Waals surface area contributed by atoms with Crippen LogP contribution in [0.25, 0.3) is 0 Å². The summed E-state index contributed by atoms with van der Waals surface area (Å²) in [6.07, 6.45) is -4.49. The number of urea groups is 1. The molecule has 0 spiro atoms. The first-order chi connectivity index (χ1) is 11.2. The number of hydrogen-bond donors (Lipinski definition) is 2. The van der Waals surface area contributed by atoms with Crippen LogP contribution < -0.4 is 15.5 Å². The Morgan fingerprint density at radius 3 is 2.54 bits per heavy atom. The van der Waals surface area contributed by atoms with E-state index >= 15 is 0 Å². The first-order valence-corrected chi connectivity index (χ1v) is 7.02. The van der Waals surface area contributed by atoms with E-state index < -0.39 is 17.8 Å². The van der Waals surface area contributed by atoms with E-state index in [-0.39, 0.29) is 12.2 Å². The van der Waals surface area contributed by atoms with Crippen LogP contribution in [0, 0.1) is 6.92 Å². The Kier molecular flexibility index (Phi) is 5.01. The van der Waals surface area contributed by atoms with Crippen molar-refractivity contribution in [1.29, 1.82) is 0 Å². The number of alkyl halides is 3. The highest BCUT2D eigenvalue weighted by Crippen LogP contribution is 2.34. The van der Waals surface area contributed by atoms with Crippen LogP contribution in [-0.4, -0.2) is 25.3 Å². The van der Waals surface area contributed by atoms with E-state index in [1.165, 1.54) is 6.07 Å². The summed E-state index contributed by atoms with van der Waals surface area (Å²) in [7, 11) is 3.34. The molecule has 0 aliphatic heterocycles. The number of anilines is 2. The number of aromatic nitrogens is 1. The predicted molar refractivity (Wildman–Crippen MR) is 82.9 cm³/mol. The molecule has 0 saturated heterocycles. The lowest BCUT2D eigenvalue weighted by Gasteiger charge is -2.19. The van der Waals surface area contributed by atoms with Crippen molar-refractivity contribution in [3.8, 4) is 0 Å². The molecule has 0 bridgehead atoms. The van der Waals surface area contributed by atoms with Gasteiger partial charge < -0.3 is 20.1 Å². The van der Waals surface area contributed by atoms with E-state index in [0.717, 1.165) is 12.1 Å². The number of amides is 2. The van der Waals surface area contributed by atoms with E-state index in [0.29, 0.717) is 17.1 Å². The van der Waals surface area contributed by atoms with Crippen LogP contribution in [0.5, 0.6) is 0 Å². The molecule has 9 heteroatoms. The maximum absolute atomic E-state index is 12.8. The van der Waals surface area contributed by atoms with Crippen molar-refractivity contribution in [2.75, 3.05) is 24.3 Å². The summed E-state index contributed by atoms with van der Waals surface area (Å²) in [6.45, 7) is 1.81. The van der Waals surface area contributed by atoms with Gasteiger partial charge in [0.1, 0.15) is 0 Å². The lowest BCUT2D eigenvalue weighted by Crippen LogP contribution is -2.29. The molecule has 2 amide bonds. The number of aryl methyl sites for hydroxylation is 1. The van der Waals surface area contributed by atoms with Crippen LogP contribution in [0.3, 0.4) is 0 Å². The monoisotopic (exact) mass is 342 g/mol. The Morgan fingerprint density at radius 2 is 2.00 bits per heavy atom. The summed E-state index contributed by atoms with van der Waals surface area (Å²) in [5.74, 6) is 0.444. The zero-order valence-electron chi connectivity index (χ0n) is 13.4. The average Bonchev–Trinajstić information content (AvgIpc) is 2.89. The molecule has 0 saturated carbocycles. The summed E-state index contributed by atoms with van der Waals surface area (Å²) >= 11 is 0. The van der Waals surface area contributed by atoms with Crippen LogP contribution >= 0.6 is 0 Å². The van der Waals surface area contributed by atoms with Gasteiger partial charge in [-0.05, 0) is 25.1 Å². The van der Waals surface area contributed by atoms with Crippen molar-refractivity contribution in [1.82, 2.24) is 10.5 Å². The predicted octanol–water partition coefficient (Wildman–Crippen LogP) is 3.39. The zero-order valence-corrected chi connectivity index (χ0v) is 13.4. The van der Waals surface area contributed by atoms with E-state index in [9.17, 15) is 18.0 Å². The molecular formula is C15H17F3N4O2. The third-order valence-electron chi connectivity index (χ3n) is 3.15. The topological polar surface area (TPSA) is 70.4 Å². The third-order valence-corrected chi connectivity index (χ3v) is 3.15. The van der Waals surface area contributed by atoms with Gasteiger partial charge in [0.25, 0.3) is 0 Å². The largest absolute Gasteiger partial charge is 0.416 e. The van der Waals surface area contributed by atoms with Crippen molar-refractivity contribution in [3.05, 3.63) is 41.3 Å². The van der Waals surface area contributed by atoms with Crippen LogP contribution in [0.1, 0.15) is 17.0 Å². The molecule has 2 aromatic rings. The number of nitrogens with one attached hydrogen (secondary N) is 2. The van der Waals surface area contributed by atoms with Crippen LogP contribution in [0.15, 0.2) is 28.8 Å². The van der Waals surface area contributed by atoms with E-state index in [4.69, 9.17) is 4.52 Å². The van der Waals surface area contributed by atoms with Gasteiger partial charge in [-0.15, -0.1) is 0 Å². The number of carbonyl (C=O) groups excluding carboxylic acids is 1. The molecule has 1 heterocycles. The summed E-state index contributed by atoms with van der Waals surface area (Å²) in [6, 6.07) is 4.17. The highest BCUT2D eigenvalue weighted by atomic mass is 19.4. The second kappa shape index (κ2) is 6.81. The standard InChI is InChI=1S/C15H17F3N4O2/c1-9-6-11(24-21-9)8-19-14(23)20-12-7-10(15(16,17)18)4-5-13(12)22(2)3/h4-7H,8H2,1-3H3,(H2,19,20,23). The average molecular weight is 342 g/mol. The minimum absolute atomic E-state index is 0.0566. The Bertz CT molecular complexity index is 726. The fourth-order valence-electron chi connectivity index (χ4n) is 2.04. The Balaban J connectivity index is 2.12. The highest BCUT2D eigenvalue weighted by Gasteiger charge is 2.31. The lowest BCUT2D eigenvalue weighted by atomic mass is 10.1. The van der Waals surface area contributed by atoms with Crippen LogP contribution in [0.4, 0.5) is 29.3 Å². The second-order valence-corrected chi connectivity index (χ2v) is 5.37. The Labute approximate surface area is 136 Å². The zero-order chi connectivity index (χ0) is 17.9. The number of carbonyl (C=O) groups is 1. The maximum atomic E-state index is 12.8. The molecular weight excluding hydrogens is 325 g/mol. The van der Waals surface area contributed by atoms with Crippen LogP contribution in [0.2, 0.25) is 0 Å². The molecule has 0 unspecified atom stereocenters. The minimum Gasteiger partial charge on any atom is -0.376 e. The molecule has 24 heavy (non-hydrogen) atoms. The molecule has 1 aromatic carbocycles. The van der Waals surface area contributed by atoms with Crippen molar-refractivity contribution < 1.29 is 22.5 Å². The summed E-state index contributed by atoms with van der Waals surface area (Å²) in [4.78, 5) is 13.6. The first kappa shape index (κ1) is 17.6. The molecule has 2 N–H and O–H groups in total. The third kappa shape index (κ3) is 4.40. The fourth-order valence-corrected chi connectivity index (χ4v) is 2.04. The lowest BCUT2D eigenvalue weighted by molar-refractivity contribution is -0.137. The Morgan fingerprint density at radius 1 is 1.29 bits per heavy atom. The fraction of sp³-hybridized carbons (Fsp3) is 0.333. The highest BCUT2D eigenvalue weighted by molar-refractivity contribution is 5.93. The van der Waals surface area contributed by atoms with Gasteiger partial charge in [-0.3, -0.25) is 0 Å². The molecule has 0 radical (unpaired) electrons. The van der Waals surface area contributed by atoms with Crippen molar-refractivity contribution >= 4 is 17.4 Å². The molecule has 2 rings (SSSR count). The van der Waals surface area contributed by atoms with Gasteiger partial charge in [0, 0.05) is 20.2 Å². The summed E-state index contributed by atoms with van der Waals surface area (Å²) in [5, 5.41) is 8.61. The number of rotatable bonds is 4. The molecule has 0 aliphatic carbocycles. The number of benzene rings is 1. The van der Waals surface area contributed by atoms with E-state index in [1.807, 2.05) is 0 Å². The van der Waals surface area contributed by atoms with Gasteiger partial charge in [0.2, 0.25) is 0 Å². The van der Waals surface area contributed by atoms with Gasteiger partial charge >= 0.3 is 12.2 Å². The van der Waals surface area contributed by atoms with Gasteiger partial charge in [-0.2, -0.15) is 13.2 Å². The maximum Gasteiger partial charge on any atom is 0.416 e. The van der Waals surface area contributed by atoms with Gasteiger partial charge in [0.05, 0.1) is 29.2 Å². The molecule has 0 aliphatic rings. The minimum atomic E-state index is -4.49. The second-order valence-electron chi connectivity index (χ2n) is 5.37. The van der Waals surface area contributed by atoms with E-state index in [1.54, 1.807) is 32.0 Å². The van der Waals surface area contributed by atoms with Crippen molar-refractivity contribution in [2.45, 2.75) is 19.6 Å². The number of halogens is 3. The smallest absolute Gasteiger partial charge is 0.376 e. The normalized spacial score (nSPS) is 11.2. The SMILES string of the molecule is Cc1cc(CNC(=O)Nc2cc(C(F)(F)F)ccc2N(C)C)on1. The van der Waals surface area contributed by atoms with Crippen molar-refractivity contribution in [2.24, 2.45) is 0 Å². The molecule has 130 valence electrons. The molecule has 0 fully saturated rings. The Hall–Kier alpha value is -2.71. The quantitative estimate of drug-likeness (QED) is 0.893. The van der Waals surface area contributed by atoms with Gasteiger partial charge in [0.15, 0.2) is 5.76 Å². The molecule has 6 nitrogen and oxygen atoms in total. The number of hydrogen-bond acceptors (Lipinski definition) is 4. The van der Waals surface area contributed by atoms with E-state index in [2.05, 4.69) is 15.8 Å². The van der Waals surface area contributed by atoms with Gasteiger partial charge in [-0.1, -0.05) is 5.16 Å².